The summed E-state index contributed by atoms with van der Waals surface area (Å²) in [5.41, 5.74) is 8.90. The molecular weight excluding hydrogens is 305 g/mol. The number of anilines is 1. The molecule has 1 aromatic carbocycles. The lowest BCUT2D eigenvalue weighted by Crippen LogP contribution is -2.33. The third-order valence-electron chi connectivity index (χ3n) is 3.38. The molecule has 2 aromatic rings. The van der Waals surface area contributed by atoms with Gasteiger partial charge in [0.1, 0.15) is 0 Å². The second kappa shape index (κ2) is 7.64. The first-order valence-electron chi connectivity index (χ1n) is 6.95. The van der Waals surface area contributed by atoms with Crippen molar-refractivity contribution in [3.05, 3.63) is 57.8 Å². The minimum absolute atomic E-state index is 0.250. The van der Waals surface area contributed by atoms with Crippen molar-refractivity contribution in [3.8, 4) is 0 Å². The van der Waals surface area contributed by atoms with Crippen LogP contribution in [0.15, 0.2) is 36.7 Å². The molecule has 0 spiro atoms. The Morgan fingerprint density at radius 1 is 1.19 bits per heavy atom. The van der Waals surface area contributed by atoms with E-state index >= 15 is 0 Å². The normalized spacial score (nSPS) is 12.3. The molecule has 0 fully saturated rings. The van der Waals surface area contributed by atoms with E-state index < -0.39 is 0 Å². The van der Waals surface area contributed by atoms with Crippen molar-refractivity contribution in [2.24, 2.45) is 0 Å². The van der Waals surface area contributed by atoms with Crippen LogP contribution >= 0.6 is 23.2 Å². The third kappa shape index (κ3) is 4.60. The number of nitrogen functional groups attached to an aromatic ring is 1. The summed E-state index contributed by atoms with van der Waals surface area (Å²) in [5, 5.41) is 4.83. The number of likely N-dealkylation sites (N-methyl/N-ethyl adjacent to an activating group) is 1. The number of hydrogen-bond donors (Lipinski definition) is 2. The lowest BCUT2D eigenvalue weighted by molar-refractivity contribution is 0.521. The number of nitrogens with zero attached hydrogens (tertiary/aromatic N) is 1. The van der Waals surface area contributed by atoms with Gasteiger partial charge in [-0.25, -0.2) is 0 Å². The van der Waals surface area contributed by atoms with E-state index in [1.807, 2.05) is 24.4 Å². The van der Waals surface area contributed by atoms with Gasteiger partial charge in [0.15, 0.2) is 0 Å². The van der Waals surface area contributed by atoms with E-state index in [0.717, 1.165) is 36.2 Å². The fraction of sp³-hybridized carbons (Fsp3) is 0.312. The average Bonchev–Trinajstić information content (AvgIpc) is 2.44. The second-order valence-electron chi connectivity index (χ2n) is 4.97. The van der Waals surface area contributed by atoms with E-state index in [9.17, 15) is 0 Å². The first-order valence-corrected chi connectivity index (χ1v) is 7.71. The SMILES string of the molecule is CCNC(Cc1cnccc1N)Cc1ccc(Cl)cc1Cl. The first kappa shape index (κ1) is 16.1. The molecule has 1 heterocycles. The molecule has 5 heteroatoms. The maximum atomic E-state index is 6.26. The van der Waals surface area contributed by atoms with E-state index in [1.165, 1.54) is 0 Å². The summed E-state index contributed by atoms with van der Waals surface area (Å²) in [6.45, 7) is 2.97. The van der Waals surface area contributed by atoms with Crippen LogP contribution in [0.5, 0.6) is 0 Å². The molecule has 3 nitrogen and oxygen atoms in total. The van der Waals surface area contributed by atoms with Crippen molar-refractivity contribution in [1.82, 2.24) is 10.3 Å². The van der Waals surface area contributed by atoms with E-state index in [2.05, 4.69) is 17.2 Å². The Morgan fingerprint density at radius 3 is 2.62 bits per heavy atom. The monoisotopic (exact) mass is 323 g/mol. The predicted octanol–water partition coefficient (Wildman–Crippen LogP) is 3.73. The fourth-order valence-corrected chi connectivity index (χ4v) is 2.82. The van der Waals surface area contributed by atoms with Gasteiger partial charge >= 0.3 is 0 Å². The van der Waals surface area contributed by atoms with Gasteiger partial charge in [0, 0.05) is 34.2 Å². The van der Waals surface area contributed by atoms with Crippen LogP contribution in [0, 0.1) is 0 Å². The Bertz CT molecular complexity index is 602. The first-order chi connectivity index (χ1) is 10.1. The van der Waals surface area contributed by atoms with Crippen molar-refractivity contribution >= 4 is 28.9 Å². The van der Waals surface area contributed by atoms with Gasteiger partial charge in [-0.2, -0.15) is 0 Å². The topological polar surface area (TPSA) is 50.9 Å². The van der Waals surface area contributed by atoms with Crippen molar-refractivity contribution in [2.45, 2.75) is 25.8 Å². The summed E-state index contributed by atoms with van der Waals surface area (Å²) >= 11 is 12.2. The maximum Gasteiger partial charge on any atom is 0.0453 e. The highest BCUT2D eigenvalue weighted by Crippen LogP contribution is 2.23. The molecule has 0 radical (unpaired) electrons. The number of nitrogens with one attached hydrogen (secondary N) is 1. The van der Waals surface area contributed by atoms with Crippen LogP contribution in [-0.2, 0) is 12.8 Å². The molecule has 0 saturated carbocycles. The highest BCUT2D eigenvalue weighted by Gasteiger charge is 2.13. The lowest BCUT2D eigenvalue weighted by atomic mass is 9.99. The minimum Gasteiger partial charge on any atom is -0.398 e. The number of halogens is 2. The van der Waals surface area contributed by atoms with Crippen LogP contribution in [0.2, 0.25) is 10.0 Å². The van der Waals surface area contributed by atoms with Crippen LogP contribution < -0.4 is 11.1 Å². The summed E-state index contributed by atoms with van der Waals surface area (Å²) in [4.78, 5) is 4.14. The molecule has 0 aliphatic carbocycles. The number of pyridine rings is 1. The van der Waals surface area contributed by atoms with Gasteiger partial charge in [-0.05, 0) is 48.7 Å². The highest BCUT2D eigenvalue weighted by molar-refractivity contribution is 6.35. The lowest BCUT2D eigenvalue weighted by Gasteiger charge is -2.19. The molecule has 21 heavy (non-hydrogen) atoms. The smallest absolute Gasteiger partial charge is 0.0453 e. The second-order valence-corrected chi connectivity index (χ2v) is 5.82. The Morgan fingerprint density at radius 2 is 1.95 bits per heavy atom. The fourth-order valence-electron chi connectivity index (χ4n) is 2.33. The minimum atomic E-state index is 0.250. The van der Waals surface area contributed by atoms with Gasteiger partial charge in [-0.1, -0.05) is 36.2 Å². The van der Waals surface area contributed by atoms with Crippen molar-refractivity contribution < 1.29 is 0 Å². The highest BCUT2D eigenvalue weighted by atomic mass is 35.5. The third-order valence-corrected chi connectivity index (χ3v) is 3.97. The zero-order valence-electron chi connectivity index (χ0n) is 11.9. The Labute approximate surface area is 135 Å². The van der Waals surface area contributed by atoms with Gasteiger partial charge in [0.25, 0.3) is 0 Å². The number of rotatable bonds is 6. The molecule has 2 rings (SSSR count). The van der Waals surface area contributed by atoms with E-state index in [1.54, 1.807) is 12.3 Å². The summed E-state index contributed by atoms with van der Waals surface area (Å²) in [6.07, 6.45) is 5.16. The van der Waals surface area contributed by atoms with Crippen LogP contribution in [-0.4, -0.2) is 17.6 Å². The summed E-state index contributed by atoms with van der Waals surface area (Å²) < 4.78 is 0. The van der Waals surface area contributed by atoms with Crippen LogP contribution in [0.25, 0.3) is 0 Å². The van der Waals surface area contributed by atoms with E-state index in [4.69, 9.17) is 28.9 Å². The number of benzene rings is 1. The van der Waals surface area contributed by atoms with E-state index in [0.29, 0.717) is 10.0 Å². The number of nitrogens with two attached hydrogens (primary N) is 1. The molecule has 1 unspecified atom stereocenters. The largest absolute Gasteiger partial charge is 0.398 e. The molecular formula is C16H19Cl2N3. The zero-order valence-corrected chi connectivity index (χ0v) is 13.5. The standard InChI is InChI=1S/C16H19Cl2N3/c1-2-21-14(8-12-10-20-6-5-16(12)19)7-11-3-4-13(17)9-15(11)18/h3-6,9-10,14,21H,2,7-8H2,1H3,(H2,19,20). The number of aromatic nitrogens is 1. The van der Waals surface area contributed by atoms with Crippen molar-refractivity contribution in [1.29, 1.82) is 0 Å². The molecule has 0 aliphatic heterocycles. The van der Waals surface area contributed by atoms with Gasteiger partial charge < -0.3 is 11.1 Å². The quantitative estimate of drug-likeness (QED) is 0.851. The van der Waals surface area contributed by atoms with Gasteiger partial charge in [0.2, 0.25) is 0 Å². The summed E-state index contributed by atoms with van der Waals surface area (Å²) in [6, 6.07) is 7.69. The Balaban J connectivity index is 2.14. The summed E-state index contributed by atoms with van der Waals surface area (Å²) in [5.74, 6) is 0. The Hall–Kier alpha value is -1.29. The summed E-state index contributed by atoms with van der Waals surface area (Å²) in [7, 11) is 0. The average molecular weight is 324 g/mol. The molecule has 3 N–H and O–H groups in total. The molecule has 1 atom stereocenters. The van der Waals surface area contributed by atoms with Gasteiger partial charge in [-0.15, -0.1) is 0 Å². The van der Waals surface area contributed by atoms with Crippen LogP contribution in [0.1, 0.15) is 18.1 Å². The predicted molar refractivity (Wildman–Crippen MR) is 90.0 cm³/mol. The zero-order chi connectivity index (χ0) is 15.2. The van der Waals surface area contributed by atoms with E-state index in [-0.39, 0.29) is 6.04 Å². The maximum absolute atomic E-state index is 6.26. The van der Waals surface area contributed by atoms with Gasteiger partial charge in [-0.3, -0.25) is 4.98 Å². The molecule has 0 saturated heterocycles. The van der Waals surface area contributed by atoms with Crippen molar-refractivity contribution in [2.75, 3.05) is 12.3 Å². The molecule has 0 amide bonds. The molecule has 0 aliphatic rings. The molecule has 1 aromatic heterocycles. The van der Waals surface area contributed by atoms with Crippen LogP contribution in [0.4, 0.5) is 5.69 Å². The molecule has 112 valence electrons. The van der Waals surface area contributed by atoms with Crippen molar-refractivity contribution in [3.63, 3.8) is 0 Å². The Kier molecular flexibility index (Phi) is 5.85. The van der Waals surface area contributed by atoms with Gasteiger partial charge in [0.05, 0.1) is 0 Å². The molecule has 0 bridgehead atoms. The van der Waals surface area contributed by atoms with Crippen LogP contribution in [0.3, 0.4) is 0 Å². The number of hydrogen-bond acceptors (Lipinski definition) is 3.